The molecule has 0 saturated heterocycles. The minimum absolute atomic E-state index is 0.0756. The van der Waals surface area contributed by atoms with Crippen LogP contribution in [0.15, 0.2) is 0 Å². The van der Waals surface area contributed by atoms with Crippen molar-refractivity contribution >= 4 is 17.3 Å². The normalized spacial score (nSPS) is 12.7. The van der Waals surface area contributed by atoms with Gasteiger partial charge in [-0.1, -0.05) is 13.8 Å². The third-order valence-corrected chi connectivity index (χ3v) is 3.43. The van der Waals surface area contributed by atoms with E-state index in [2.05, 4.69) is 4.98 Å². The first kappa shape index (κ1) is 13.1. The molecule has 0 bridgehead atoms. The Bertz CT molecular complexity index is 362. The summed E-state index contributed by atoms with van der Waals surface area (Å²) in [6.07, 6.45) is 1.37. The Morgan fingerprint density at radius 3 is 2.56 bits per heavy atom. The summed E-state index contributed by atoms with van der Waals surface area (Å²) in [6, 6.07) is 0. The summed E-state index contributed by atoms with van der Waals surface area (Å²) in [5.74, 6) is -0.896. The fourth-order valence-electron chi connectivity index (χ4n) is 1.48. The zero-order valence-electron chi connectivity index (χ0n) is 9.82. The fraction of sp³-hybridized carbons (Fsp3) is 0.636. The van der Waals surface area contributed by atoms with Gasteiger partial charge in [0.05, 0.1) is 5.69 Å². The second-order valence-corrected chi connectivity index (χ2v) is 4.37. The lowest BCUT2D eigenvalue weighted by atomic mass is 10.2. The molecule has 90 valence electrons. The Morgan fingerprint density at radius 2 is 2.19 bits per heavy atom. The van der Waals surface area contributed by atoms with E-state index in [0.717, 1.165) is 11.4 Å². The Labute approximate surface area is 99.3 Å². The molecule has 0 aliphatic heterocycles. The molecule has 1 aromatic heterocycles. The van der Waals surface area contributed by atoms with Crippen LogP contribution in [0.3, 0.4) is 0 Å². The molecule has 0 amide bonds. The highest BCUT2D eigenvalue weighted by atomic mass is 32.1. The van der Waals surface area contributed by atoms with E-state index in [1.807, 2.05) is 20.8 Å². The maximum Gasteiger partial charge on any atom is 0.347 e. The van der Waals surface area contributed by atoms with Crippen molar-refractivity contribution in [2.24, 2.45) is 0 Å². The van der Waals surface area contributed by atoms with Gasteiger partial charge >= 0.3 is 5.97 Å². The number of thiazole rings is 1. The summed E-state index contributed by atoms with van der Waals surface area (Å²) in [5, 5.41) is 9.80. The van der Waals surface area contributed by atoms with E-state index in [4.69, 9.17) is 9.84 Å². The van der Waals surface area contributed by atoms with Crippen LogP contribution in [0.25, 0.3) is 0 Å². The lowest BCUT2D eigenvalue weighted by Gasteiger charge is -2.10. The monoisotopic (exact) mass is 243 g/mol. The van der Waals surface area contributed by atoms with Gasteiger partial charge in [0.2, 0.25) is 0 Å². The first-order valence-corrected chi connectivity index (χ1v) is 6.30. The number of carboxylic acid groups (broad SMARTS) is 1. The molecule has 1 aromatic rings. The van der Waals surface area contributed by atoms with E-state index in [-0.39, 0.29) is 6.10 Å². The molecular formula is C11H17NO3S. The predicted octanol–water partition coefficient (Wildman–Crippen LogP) is 2.89. The number of carboxylic acids is 1. The van der Waals surface area contributed by atoms with Gasteiger partial charge in [-0.15, -0.1) is 11.3 Å². The Kier molecular flexibility index (Phi) is 4.89. The minimum Gasteiger partial charge on any atom is -0.477 e. The number of nitrogens with zero attached hydrogens (tertiary/aromatic N) is 1. The number of ether oxygens (including phenoxy) is 1. The van der Waals surface area contributed by atoms with E-state index in [1.54, 1.807) is 0 Å². The smallest absolute Gasteiger partial charge is 0.347 e. The molecule has 1 rings (SSSR count). The second kappa shape index (κ2) is 5.96. The lowest BCUT2D eigenvalue weighted by Crippen LogP contribution is -2.02. The summed E-state index contributed by atoms with van der Waals surface area (Å²) in [7, 11) is 0. The molecule has 0 aliphatic carbocycles. The van der Waals surface area contributed by atoms with Gasteiger partial charge in [-0.05, 0) is 19.8 Å². The number of aromatic nitrogens is 1. The third-order valence-electron chi connectivity index (χ3n) is 2.26. The van der Waals surface area contributed by atoms with Crippen LogP contribution in [0, 0.1) is 0 Å². The molecular weight excluding hydrogens is 226 g/mol. The van der Waals surface area contributed by atoms with Crippen LogP contribution in [-0.4, -0.2) is 22.7 Å². The van der Waals surface area contributed by atoms with Crippen LogP contribution in [0.4, 0.5) is 0 Å². The summed E-state index contributed by atoms with van der Waals surface area (Å²) in [5.41, 5.74) is 0.658. The number of rotatable bonds is 6. The third kappa shape index (κ3) is 2.80. The van der Waals surface area contributed by atoms with Crippen molar-refractivity contribution in [2.75, 3.05) is 6.61 Å². The molecule has 1 N–H and O–H groups in total. The van der Waals surface area contributed by atoms with Crippen LogP contribution >= 0.6 is 11.3 Å². The van der Waals surface area contributed by atoms with Crippen molar-refractivity contribution in [1.82, 2.24) is 4.98 Å². The van der Waals surface area contributed by atoms with Crippen LogP contribution in [0.2, 0.25) is 0 Å². The Balaban J connectivity index is 3.00. The number of aryl methyl sites for hydroxylation is 1. The maximum absolute atomic E-state index is 11.0. The molecule has 0 saturated carbocycles. The molecule has 0 radical (unpaired) electrons. The van der Waals surface area contributed by atoms with Gasteiger partial charge in [0.1, 0.15) is 16.0 Å². The topological polar surface area (TPSA) is 59.4 Å². The standard InChI is InChI=1S/C11H17NO3S/c1-4-7-9(11(13)14)16-10(12-7)8(5-2)15-6-3/h8H,4-6H2,1-3H3,(H,13,14). The van der Waals surface area contributed by atoms with Gasteiger partial charge < -0.3 is 9.84 Å². The second-order valence-electron chi connectivity index (χ2n) is 3.34. The van der Waals surface area contributed by atoms with Crippen molar-refractivity contribution in [3.05, 3.63) is 15.6 Å². The average Bonchev–Trinajstić information content (AvgIpc) is 2.69. The van der Waals surface area contributed by atoms with Gasteiger partial charge in [0.25, 0.3) is 0 Å². The summed E-state index contributed by atoms with van der Waals surface area (Å²) >= 11 is 1.23. The molecule has 4 nitrogen and oxygen atoms in total. The van der Waals surface area contributed by atoms with E-state index in [0.29, 0.717) is 23.6 Å². The zero-order chi connectivity index (χ0) is 12.1. The largest absolute Gasteiger partial charge is 0.477 e. The van der Waals surface area contributed by atoms with Crippen molar-refractivity contribution in [3.8, 4) is 0 Å². The lowest BCUT2D eigenvalue weighted by molar-refractivity contribution is 0.0595. The SMILES string of the molecule is CCOC(CC)c1nc(CC)c(C(=O)O)s1. The van der Waals surface area contributed by atoms with Crippen LogP contribution < -0.4 is 0 Å². The predicted molar refractivity (Wildman–Crippen MR) is 63.1 cm³/mol. The first-order valence-electron chi connectivity index (χ1n) is 5.48. The molecule has 16 heavy (non-hydrogen) atoms. The van der Waals surface area contributed by atoms with Crippen LogP contribution in [0.5, 0.6) is 0 Å². The highest BCUT2D eigenvalue weighted by molar-refractivity contribution is 7.13. The fourth-order valence-corrected chi connectivity index (χ4v) is 2.61. The minimum atomic E-state index is -0.896. The highest BCUT2D eigenvalue weighted by Gasteiger charge is 2.20. The molecule has 1 heterocycles. The molecule has 0 fully saturated rings. The quantitative estimate of drug-likeness (QED) is 0.834. The van der Waals surface area contributed by atoms with E-state index >= 15 is 0 Å². The Hall–Kier alpha value is -0.940. The highest BCUT2D eigenvalue weighted by Crippen LogP contribution is 2.28. The van der Waals surface area contributed by atoms with Crippen LogP contribution in [0.1, 0.15) is 53.7 Å². The molecule has 0 aliphatic rings. The molecule has 5 heteroatoms. The van der Waals surface area contributed by atoms with Crippen molar-refractivity contribution < 1.29 is 14.6 Å². The Morgan fingerprint density at radius 1 is 1.50 bits per heavy atom. The van der Waals surface area contributed by atoms with E-state index < -0.39 is 5.97 Å². The van der Waals surface area contributed by atoms with Crippen molar-refractivity contribution in [2.45, 2.75) is 39.7 Å². The summed E-state index contributed by atoms with van der Waals surface area (Å²) in [6.45, 7) is 6.46. The summed E-state index contributed by atoms with van der Waals surface area (Å²) in [4.78, 5) is 15.7. The average molecular weight is 243 g/mol. The molecule has 0 aromatic carbocycles. The van der Waals surface area contributed by atoms with E-state index in [1.165, 1.54) is 11.3 Å². The number of carbonyl (C=O) groups is 1. The first-order chi connectivity index (χ1) is 7.63. The number of hydrogen-bond donors (Lipinski definition) is 1. The van der Waals surface area contributed by atoms with E-state index in [9.17, 15) is 4.79 Å². The molecule has 0 spiro atoms. The van der Waals surface area contributed by atoms with Gasteiger partial charge in [0.15, 0.2) is 0 Å². The van der Waals surface area contributed by atoms with Crippen molar-refractivity contribution in [3.63, 3.8) is 0 Å². The molecule has 1 unspecified atom stereocenters. The number of hydrogen-bond acceptors (Lipinski definition) is 4. The van der Waals surface area contributed by atoms with Gasteiger partial charge in [0, 0.05) is 6.61 Å². The number of aromatic carboxylic acids is 1. The summed E-state index contributed by atoms with van der Waals surface area (Å²) < 4.78 is 5.52. The maximum atomic E-state index is 11.0. The van der Waals surface area contributed by atoms with Crippen LogP contribution in [-0.2, 0) is 11.2 Å². The molecule has 1 atom stereocenters. The van der Waals surface area contributed by atoms with Gasteiger partial charge in [-0.25, -0.2) is 9.78 Å². The zero-order valence-corrected chi connectivity index (χ0v) is 10.6. The van der Waals surface area contributed by atoms with Crippen molar-refractivity contribution in [1.29, 1.82) is 0 Å². The van der Waals surface area contributed by atoms with Gasteiger partial charge in [-0.2, -0.15) is 0 Å². The van der Waals surface area contributed by atoms with Gasteiger partial charge in [-0.3, -0.25) is 0 Å².